The molecule has 1 aromatic heterocycles. The van der Waals surface area contributed by atoms with Gasteiger partial charge < -0.3 is 25.5 Å². The summed E-state index contributed by atoms with van der Waals surface area (Å²) in [6.45, 7) is 9.96. The van der Waals surface area contributed by atoms with E-state index in [0.717, 1.165) is 0 Å². The summed E-state index contributed by atoms with van der Waals surface area (Å²) in [7, 11) is 1.57. The maximum atomic E-state index is 11.5. The average molecular weight is 413 g/mol. The first-order chi connectivity index (χ1) is 13.5. The molecule has 3 atom stereocenters. The van der Waals surface area contributed by atoms with Crippen molar-refractivity contribution in [2.75, 3.05) is 20.2 Å². The van der Waals surface area contributed by atoms with Gasteiger partial charge in [0.05, 0.1) is 12.6 Å². The highest BCUT2D eigenvalue weighted by atomic mass is 16.6. The minimum Gasteiger partial charge on any atom is -0.390 e. The zero-order valence-corrected chi connectivity index (χ0v) is 17.8. The van der Waals surface area contributed by atoms with Crippen LogP contribution in [0.3, 0.4) is 0 Å². The molecule has 29 heavy (non-hydrogen) atoms. The second-order valence-corrected chi connectivity index (χ2v) is 8.10. The van der Waals surface area contributed by atoms with Crippen LogP contribution in [-0.4, -0.2) is 63.9 Å². The van der Waals surface area contributed by atoms with E-state index in [1.54, 1.807) is 27.9 Å². The highest BCUT2D eigenvalue weighted by molar-refractivity contribution is 5.08. The third-order valence-electron chi connectivity index (χ3n) is 5.29. The van der Waals surface area contributed by atoms with Gasteiger partial charge in [-0.3, -0.25) is 0 Å². The van der Waals surface area contributed by atoms with Crippen molar-refractivity contribution in [2.24, 2.45) is 10.4 Å². The Bertz CT molecular complexity index is 691. The Morgan fingerprint density at radius 1 is 1.21 bits per heavy atom. The molecular formula is C17H31N7O5. The number of hydrogen-bond acceptors (Lipinski definition) is 10. The van der Waals surface area contributed by atoms with E-state index in [-0.39, 0.29) is 18.6 Å². The lowest BCUT2D eigenvalue weighted by atomic mass is 9.94. The smallest absolute Gasteiger partial charge is 0.390 e. The summed E-state index contributed by atoms with van der Waals surface area (Å²) in [6, 6.07) is -1.20. The molecule has 0 saturated carbocycles. The number of nitro groups is 1. The lowest BCUT2D eigenvalue weighted by Gasteiger charge is -2.34. The Kier molecular flexibility index (Phi) is 8.92. The van der Waals surface area contributed by atoms with Crippen LogP contribution in [0.1, 0.15) is 34.6 Å². The SMILES string of the molecule is COC(CNC(C)(C)C(C)N=O)CNC(C)(C)C(Cn1ccnc1[N+](=O)[O-])N=O. The molecule has 0 bridgehead atoms. The Balaban J connectivity index is 2.72. The van der Waals surface area contributed by atoms with Gasteiger partial charge >= 0.3 is 5.95 Å². The van der Waals surface area contributed by atoms with E-state index in [1.165, 1.54) is 17.0 Å². The molecule has 0 radical (unpaired) electrons. The molecule has 0 aromatic carbocycles. The molecule has 164 valence electrons. The fourth-order valence-electron chi connectivity index (χ4n) is 2.59. The summed E-state index contributed by atoms with van der Waals surface area (Å²) >= 11 is 0. The molecule has 2 N–H and O–H groups in total. The van der Waals surface area contributed by atoms with Crippen molar-refractivity contribution in [3.05, 3.63) is 32.3 Å². The molecule has 0 spiro atoms. The third-order valence-corrected chi connectivity index (χ3v) is 5.29. The van der Waals surface area contributed by atoms with Crippen LogP contribution >= 0.6 is 0 Å². The van der Waals surface area contributed by atoms with Gasteiger partial charge in [-0.1, -0.05) is 15.3 Å². The average Bonchev–Trinajstić information content (AvgIpc) is 3.13. The monoisotopic (exact) mass is 413 g/mol. The number of imidazole rings is 1. The molecule has 0 aliphatic carbocycles. The molecule has 0 aliphatic heterocycles. The second kappa shape index (κ2) is 10.5. The molecule has 12 heteroatoms. The molecule has 1 rings (SSSR count). The number of methoxy groups -OCH3 is 1. The fraction of sp³-hybridized carbons (Fsp3) is 0.824. The van der Waals surface area contributed by atoms with Crippen molar-refractivity contribution in [3.63, 3.8) is 0 Å². The van der Waals surface area contributed by atoms with Gasteiger partial charge in [0.15, 0.2) is 0 Å². The molecule has 1 aromatic rings. The lowest BCUT2D eigenvalue weighted by molar-refractivity contribution is -0.396. The summed E-state index contributed by atoms with van der Waals surface area (Å²) in [5.74, 6) is -0.339. The van der Waals surface area contributed by atoms with E-state index in [4.69, 9.17) is 4.74 Å². The highest BCUT2D eigenvalue weighted by Gasteiger charge is 2.34. The fourth-order valence-corrected chi connectivity index (χ4v) is 2.59. The maximum absolute atomic E-state index is 11.5. The number of rotatable bonds is 14. The zero-order valence-electron chi connectivity index (χ0n) is 17.8. The minimum atomic E-state index is -0.781. The molecule has 0 aliphatic rings. The first-order valence-electron chi connectivity index (χ1n) is 9.31. The number of ether oxygens (including phenoxy) is 1. The molecule has 0 amide bonds. The van der Waals surface area contributed by atoms with Gasteiger partial charge in [-0.25, -0.2) is 4.57 Å². The van der Waals surface area contributed by atoms with Gasteiger partial charge in [0.1, 0.15) is 24.5 Å². The van der Waals surface area contributed by atoms with Crippen LogP contribution in [0.5, 0.6) is 0 Å². The first-order valence-corrected chi connectivity index (χ1v) is 9.31. The van der Waals surface area contributed by atoms with Crippen LogP contribution in [0.25, 0.3) is 0 Å². The summed E-state index contributed by atoms with van der Waals surface area (Å²) in [5.41, 5.74) is -1.26. The molecule has 12 nitrogen and oxygen atoms in total. The number of aromatic nitrogens is 2. The number of nitroso groups, excluding NO2 is 2. The van der Waals surface area contributed by atoms with Crippen molar-refractivity contribution < 1.29 is 9.66 Å². The predicted molar refractivity (Wildman–Crippen MR) is 109 cm³/mol. The summed E-state index contributed by atoms with van der Waals surface area (Å²) in [5, 5.41) is 23.8. The van der Waals surface area contributed by atoms with E-state index >= 15 is 0 Å². The third kappa shape index (κ3) is 6.91. The van der Waals surface area contributed by atoms with Gasteiger partial charge in [0, 0.05) is 31.3 Å². The summed E-state index contributed by atoms with van der Waals surface area (Å²) in [4.78, 5) is 36.4. The predicted octanol–water partition coefficient (Wildman–Crippen LogP) is 1.83. The van der Waals surface area contributed by atoms with Crippen molar-refractivity contribution in [3.8, 4) is 0 Å². The molecule has 3 unspecified atom stereocenters. The van der Waals surface area contributed by atoms with Gasteiger partial charge in [0.2, 0.25) is 0 Å². The molecular weight excluding hydrogens is 382 g/mol. The Morgan fingerprint density at radius 2 is 1.79 bits per heavy atom. The largest absolute Gasteiger partial charge is 0.434 e. The quantitative estimate of drug-likeness (QED) is 0.266. The normalized spacial score (nSPS) is 15.5. The lowest BCUT2D eigenvalue weighted by Crippen LogP contribution is -2.55. The van der Waals surface area contributed by atoms with Crippen LogP contribution in [0.2, 0.25) is 0 Å². The number of hydrogen-bond donors (Lipinski definition) is 2. The van der Waals surface area contributed by atoms with Gasteiger partial charge in [-0.05, 0) is 39.5 Å². The van der Waals surface area contributed by atoms with Crippen LogP contribution in [0.4, 0.5) is 5.95 Å². The summed E-state index contributed by atoms with van der Waals surface area (Å²) < 4.78 is 6.77. The Labute approximate surface area is 169 Å². The van der Waals surface area contributed by atoms with E-state index in [9.17, 15) is 19.9 Å². The van der Waals surface area contributed by atoms with Gasteiger partial charge in [0.25, 0.3) is 0 Å². The van der Waals surface area contributed by atoms with Gasteiger partial charge in [-0.15, -0.1) is 0 Å². The maximum Gasteiger partial charge on any atom is 0.434 e. The second-order valence-electron chi connectivity index (χ2n) is 8.10. The Hall–Kier alpha value is -2.31. The molecule has 0 saturated heterocycles. The molecule has 0 fully saturated rings. The number of nitrogens with zero attached hydrogens (tertiary/aromatic N) is 5. The van der Waals surface area contributed by atoms with Crippen LogP contribution in [0.15, 0.2) is 22.7 Å². The van der Waals surface area contributed by atoms with E-state index < -0.39 is 28.1 Å². The Morgan fingerprint density at radius 3 is 2.28 bits per heavy atom. The summed E-state index contributed by atoms with van der Waals surface area (Å²) in [6.07, 6.45) is 2.50. The van der Waals surface area contributed by atoms with Crippen molar-refractivity contribution in [1.82, 2.24) is 20.2 Å². The minimum absolute atomic E-state index is 0.0191. The first kappa shape index (κ1) is 24.7. The van der Waals surface area contributed by atoms with E-state index in [1.807, 2.05) is 13.8 Å². The van der Waals surface area contributed by atoms with Crippen LogP contribution in [-0.2, 0) is 11.3 Å². The van der Waals surface area contributed by atoms with E-state index in [0.29, 0.717) is 13.1 Å². The van der Waals surface area contributed by atoms with Crippen LogP contribution in [0, 0.1) is 19.9 Å². The van der Waals surface area contributed by atoms with Crippen molar-refractivity contribution >= 4 is 5.95 Å². The van der Waals surface area contributed by atoms with Crippen molar-refractivity contribution in [2.45, 2.75) is 70.4 Å². The van der Waals surface area contributed by atoms with E-state index in [2.05, 4.69) is 26.0 Å². The molecule has 1 heterocycles. The number of nitrogens with one attached hydrogen (secondary N) is 2. The zero-order chi connectivity index (χ0) is 22.2. The van der Waals surface area contributed by atoms with Crippen molar-refractivity contribution in [1.29, 1.82) is 0 Å². The van der Waals surface area contributed by atoms with Gasteiger partial charge in [-0.2, -0.15) is 9.81 Å². The standard InChI is InChI=1S/C17H31N7O5/c1-12(21-25)16(2,3)19-9-13(29-6)10-20-17(4,5)14(22-26)11-23-8-7-18-15(23)24(27)28/h7-8,12-14,19-20H,9-11H2,1-6H3. The highest BCUT2D eigenvalue weighted by Crippen LogP contribution is 2.18. The van der Waals surface area contributed by atoms with Crippen LogP contribution < -0.4 is 10.6 Å². The topological polar surface area (TPSA) is 153 Å².